The smallest absolute Gasteiger partial charge is 0.248 e. The van der Waals surface area contributed by atoms with E-state index in [2.05, 4.69) is 75.5 Å². The van der Waals surface area contributed by atoms with Crippen LogP contribution in [-0.4, -0.2) is 327 Å². The number of aliphatic hydroxyl groups is 15. The molecular formula is C90H129N23O20. The first-order valence-corrected chi connectivity index (χ1v) is 43.7. The first kappa shape index (κ1) is 108. The molecule has 5 aromatic rings. The minimum absolute atomic E-state index is 0.00103. The summed E-state index contributed by atoms with van der Waals surface area (Å²) in [5.41, 5.74) is 25.9. The monoisotopic (exact) mass is 1850 g/mol. The lowest BCUT2D eigenvalue weighted by atomic mass is 9.98. The number of hydrogen-bond acceptors (Lipinski definition) is 24. The molecular weight excluding hydrogens is 1720 g/mol. The van der Waals surface area contributed by atoms with E-state index in [0.717, 1.165) is 0 Å². The Labute approximate surface area is 770 Å². The molecule has 1 saturated heterocycles. The van der Waals surface area contributed by atoms with Crippen LogP contribution in [0, 0.1) is 22.1 Å². The van der Waals surface area contributed by atoms with Crippen molar-refractivity contribution in [2.45, 2.75) is 222 Å². The number of guanidine groups is 2. The molecule has 1 aliphatic heterocycles. The number of unbranched alkanes of at least 4 members (excludes halogenated alkanes) is 2. The van der Waals surface area contributed by atoms with Crippen molar-refractivity contribution in [1.29, 1.82) is 16.2 Å². The van der Waals surface area contributed by atoms with Gasteiger partial charge in [0.05, 0.1) is 12.6 Å². The highest BCUT2D eigenvalue weighted by atomic mass is 16.3. The second-order valence-corrected chi connectivity index (χ2v) is 32.0. The van der Waals surface area contributed by atoms with Crippen molar-refractivity contribution >= 4 is 100 Å². The molecule has 0 radical (unpaired) electrons. The van der Waals surface area contributed by atoms with Gasteiger partial charge < -0.3 is 135 Å². The number of nitrogens with two attached hydrogens (primary N) is 4. The number of rotatable bonds is 56. The maximum atomic E-state index is 14.7. The van der Waals surface area contributed by atoms with Crippen LogP contribution >= 0.6 is 0 Å². The zero-order valence-electron chi connectivity index (χ0n) is 74.9. The molecule has 14 atom stereocenters. The summed E-state index contributed by atoms with van der Waals surface area (Å²) < 4.78 is 0. The Bertz CT molecular complexity index is 4950. The van der Waals surface area contributed by atoms with E-state index in [1.165, 1.54) is 104 Å². The molecule has 1 amide bonds. The first-order valence-electron chi connectivity index (χ1n) is 43.7. The second kappa shape index (κ2) is 55.7. The fourth-order valence-corrected chi connectivity index (χ4v) is 13.8. The average Bonchev–Trinajstić information content (AvgIpc) is 1.60. The molecule has 6 rings (SSSR count). The molecule has 43 heteroatoms. The Balaban J connectivity index is 1.22. The second-order valence-electron chi connectivity index (χ2n) is 32.0. The molecule has 43 nitrogen and oxygen atoms in total. The standard InChI is InChI=1S/C90H129N23O20/c1-5-51(2)75(112-83(128)67(21-14-42-100-90(96)97)106-84(129)69(46-56-25-33-60(117)34-26-56)110-85(130)70(47-57-27-35-61(118)36-28-57)109-81(126)65(103-53(4)115)20-13-41-99-89(94)95)87(132)107-66(19-9-11-39-91)82(127)105-64(76(93)121)18-10-12-40-98-80(125)72(50-114)111-86(131)73-22-15-43-113(73)88(133)71(48-58-29-37-62(119)38-30-58)104-74(120)49-101-79(124)68(45-54-16-7-6-8-17-54)108-77(122)52(3)102-78(123)63(92)44-55-23-31-59(116)32-24-55/h6-8,16-17,23-38,51-52,63-73,75,114,116-119H,5,9-15,18-22,39-50,91-92H2,1-4H3,(H2,93,121)(H,98,125)(H,101,124)(H,102,123)(H,103,115)(H,104,120)(H,105,127)(H,106,129)(H,107,132)(H,108,122)(H,109,126)(H,110,130)(H,111,131)(H,112,128)(H4,94,95,99)(H4,96,97,100). The Morgan fingerprint density at radius 1 is 0.444 bits per heavy atom. The highest BCUT2D eigenvalue weighted by Crippen LogP contribution is 2.27. The number of phenols is 4. The van der Waals surface area contributed by atoms with Gasteiger partial charge in [-0.05, 0) is 179 Å². The molecule has 1 heterocycles. The minimum atomic E-state index is -1.55. The van der Waals surface area contributed by atoms with Crippen LogP contribution in [0.25, 0.3) is 0 Å². The fraction of sp³-hybridized carbons (Fsp3) is 0.478. The van der Waals surface area contributed by atoms with E-state index in [1.54, 1.807) is 56.3 Å². The van der Waals surface area contributed by atoms with Crippen molar-refractivity contribution in [3.63, 3.8) is 0 Å². The largest absolute Gasteiger partial charge is 0.508 e. The number of nitrogens with one attached hydrogen (secondary N) is 5. The number of likely N-dealkylation sites (tertiary alicyclic amines) is 1. The van der Waals surface area contributed by atoms with Gasteiger partial charge in [-0.3, -0.25) is 26.0 Å². The number of carbonyl (C=O) groups is 1. The summed E-state index contributed by atoms with van der Waals surface area (Å²) in [5.74, 6) is -12.0. The Kier molecular flexibility index (Phi) is 45.0. The van der Waals surface area contributed by atoms with Crippen LogP contribution in [-0.2, 0) is 36.9 Å². The van der Waals surface area contributed by atoms with E-state index in [1.807, 2.05) is 0 Å². The maximum absolute atomic E-state index is 14.7. The third kappa shape index (κ3) is 38.0. The molecule has 0 saturated carbocycles. The number of hydrogen-bond donors (Lipinski definition) is 28. The lowest BCUT2D eigenvalue weighted by Gasteiger charge is -2.27. The van der Waals surface area contributed by atoms with Crippen molar-refractivity contribution < 1.29 is 102 Å². The summed E-state index contributed by atoms with van der Waals surface area (Å²) in [4.78, 5) is 72.0. The lowest BCUT2D eigenvalue weighted by molar-refractivity contribution is -0.132. The Morgan fingerprint density at radius 3 is 1.32 bits per heavy atom. The highest BCUT2D eigenvalue weighted by Gasteiger charge is 2.38. The molecule has 1 aliphatic rings. The minimum Gasteiger partial charge on any atom is -0.508 e. The van der Waals surface area contributed by atoms with E-state index >= 15 is 0 Å². The SMILES string of the molecule is CCC(C)C(N=C(O)C(CCCNC(=N)N)N=C(O)C(Cc1ccc(O)cc1)N=C(O)C(Cc1ccc(O)cc1)N=C(O)C(CCCNC(=N)N)N=C(C)O)C(O)=NC(CCCCN)C(O)=NC(CCCCN=C(O)C(CO)N=C(O)C1CCCN1C(=O)C(Cc1ccc(O)cc1)N=C(O)CN=C(O)C(Cc1ccccc1)N=C(O)C(C)N=C(O)C(N)Cc1ccc(O)cc1)C(=N)O. The topological polar surface area (TPSA) is 765 Å². The molecule has 0 spiro atoms. The van der Waals surface area contributed by atoms with Crippen LogP contribution in [0.1, 0.15) is 139 Å². The van der Waals surface area contributed by atoms with Crippen LogP contribution in [0.4, 0.5) is 0 Å². The number of amides is 1. The van der Waals surface area contributed by atoms with Gasteiger partial charge >= 0.3 is 0 Å². The van der Waals surface area contributed by atoms with Crippen molar-refractivity contribution in [1.82, 2.24) is 15.5 Å². The third-order valence-corrected chi connectivity index (χ3v) is 21.3. The van der Waals surface area contributed by atoms with Gasteiger partial charge in [-0.2, -0.15) is 0 Å². The van der Waals surface area contributed by atoms with Gasteiger partial charge in [0.15, 0.2) is 29.8 Å². The van der Waals surface area contributed by atoms with Gasteiger partial charge in [0.2, 0.25) is 76.7 Å². The summed E-state index contributed by atoms with van der Waals surface area (Å²) in [5, 5.41) is 240. The van der Waals surface area contributed by atoms with E-state index in [9.17, 15) is 102 Å². The maximum Gasteiger partial charge on any atom is 0.248 e. The Morgan fingerprint density at radius 2 is 0.850 bits per heavy atom. The first-order chi connectivity index (χ1) is 63.3. The average molecular weight is 1850 g/mol. The van der Waals surface area contributed by atoms with Gasteiger partial charge in [-0.25, -0.2) is 59.9 Å². The van der Waals surface area contributed by atoms with Crippen molar-refractivity contribution in [3.05, 3.63) is 155 Å². The van der Waals surface area contributed by atoms with Crippen molar-refractivity contribution in [3.8, 4) is 23.0 Å². The van der Waals surface area contributed by atoms with Crippen LogP contribution in [0.3, 0.4) is 0 Å². The summed E-state index contributed by atoms with van der Waals surface area (Å²) >= 11 is 0. The molecule has 1 fully saturated rings. The zero-order chi connectivity index (χ0) is 97.8. The summed E-state index contributed by atoms with van der Waals surface area (Å²) in [7, 11) is 0. The van der Waals surface area contributed by atoms with Crippen LogP contribution < -0.4 is 33.6 Å². The van der Waals surface area contributed by atoms with E-state index in [0.29, 0.717) is 53.5 Å². The van der Waals surface area contributed by atoms with Crippen LogP contribution in [0.2, 0.25) is 0 Å². The lowest BCUT2D eigenvalue weighted by Crippen LogP contribution is -2.46. The summed E-state index contributed by atoms with van der Waals surface area (Å²) in [6, 6.07) is 14.9. The van der Waals surface area contributed by atoms with Crippen molar-refractivity contribution in [2.75, 3.05) is 45.9 Å². The number of carbonyl (C=O) groups excluding carboxylic acids is 1. The highest BCUT2D eigenvalue weighted by molar-refractivity contribution is 5.96. The van der Waals surface area contributed by atoms with Crippen molar-refractivity contribution in [2.24, 2.45) is 93.8 Å². The normalized spacial score (nSPS) is 17.6. The molecule has 724 valence electrons. The third-order valence-electron chi connectivity index (χ3n) is 21.3. The van der Waals surface area contributed by atoms with Crippen LogP contribution in [0.15, 0.2) is 192 Å². The summed E-state index contributed by atoms with van der Waals surface area (Å²) in [6.45, 7) is 4.92. The molecule has 133 heavy (non-hydrogen) atoms. The number of nitrogens with zero attached hydrogens (tertiary/aromatic N) is 14. The van der Waals surface area contributed by atoms with E-state index < -0.39 is 186 Å². The fourth-order valence-electron chi connectivity index (χ4n) is 13.8. The van der Waals surface area contributed by atoms with E-state index in [4.69, 9.17) is 39.2 Å². The summed E-state index contributed by atoms with van der Waals surface area (Å²) in [6.07, 6.45) is 1.50. The van der Waals surface area contributed by atoms with Gasteiger partial charge in [-0.15, -0.1) is 0 Å². The number of aliphatic hydroxyl groups excluding tert-OH is 15. The number of aromatic hydroxyl groups is 4. The Hall–Kier alpha value is -14.2. The molecule has 14 unspecified atom stereocenters. The number of phenolic OH excluding ortho intramolecular Hbond substituents is 4. The van der Waals surface area contributed by atoms with Gasteiger partial charge in [0.25, 0.3) is 0 Å². The predicted molar refractivity (Wildman–Crippen MR) is 516 cm³/mol. The molecule has 0 aliphatic carbocycles. The molecule has 5 aromatic carbocycles. The number of aliphatic imine (C=N–C) groups is 13. The molecule has 32 N–H and O–H groups in total. The van der Waals surface area contributed by atoms with Crippen LogP contribution in [0.5, 0.6) is 23.0 Å². The van der Waals surface area contributed by atoms with Gasteiger partial charge in [0.1, 0.15) is 96.0 Å². The quantitative estimate of drug-likeness (QED) is 0.00988. The van der Waals surface area contributed by atoms with E-state index in [-0.39, 0.29) is 158 Å². The number of benzene rings is 5. The van der Waals surface area contributed by atoms with Gasteiger partial charge in [0, 0.05) is 58.8 Å². The van der Waals surface area contributed by atoms with Gasteiger partial charge in [-0.1, -0.05) is 99.1 Å². The zero-order valence-corrected chi connectivity index (χ0v) is 74.9. The molecule has 0 bridgehead atoms. The molecule has 0 aromatic heterocycles. The predicted octanol–water partition coefficient (Wildman–Crippen LogP) is 8.27.